The molecule has 1 aromatic carbocycles. The van der Waals surface area contributed by atoms with Crippen LogP contribution in [0.2, 0.25) is 0 Å². The van der Waals surface area contributed by atoms with Crippen LogP contribution in [0.3, 0.4) is 0 Å². The van der Waals surface area contributed by atoms with Gasteiger partial charge in [-0.1, -0.05) is 18.2 Å². The highest BCUT2D eigenvalue weighted by Crippen LogP contribution is 2.41. The molecule has 1 fully saturated rings. The van der Waals surface area contributed by atoms with Crippen LogP contribution in [0.25, 0.3) is 10.9 Å². The van der Waals surface area contributed by atoms with Crippen molar-refractivity contribution in [1.82, 2.24) is 4.98 Å². The van der Waals surface area contributed by atoms with Crippen LogP contribution in [0, 0.1) is 5.92 Å². The third-order valence-electron chi connectivity index (χ3n) is 3.04. The van der Waals surface area contributed by atoms with Crippen LogP contribution >= 0.6 is 0 Å². The van der Waals surface area contributed by atoms with E-state index in [0.717, 1.165) is 29.3 Å². The number of aliphatic hydroxyl groups is 1. The second-order valence-corrected chi connectivity index (χ2v) is 4.24. The van der Waals surface area contributed by atoms with Crippen LogP contribution in [0.15, 0.2) is 36.5 Å². The molecular weight excluding hydrogens is 186 g/mol. The van der Waals surface area contributed by atoms with Crippen molar-refractivity contribution in [2.45, 2.75) is 18.9 Å². The van der Waals surface area contributed by atoms with Crippen LogP contribution in [0.1, 0.15) is 24.5 Å². The quantitative estimate of drug-likeness (QED) is 0.806. The largest absolute Gasteiger partial charge is 0.388 e. The first-order valence-electron chi connectivity index (χ1n) is 5.37. The van der Waals surface area contributed by atoms with Crippen molar-refractivity contribution in [2.24, 2.45) is 5.92 Å². The number of benzene rings is 1. The summed E-state index contributed by atoms with van der Waals surface area (Å²) in [6.07, 6.45) is 3.80. The predicted molar refractivity (Wildman–Crippen MR) is 59.4 cm³/mol. The number of hydrogen-bond acceptors (Lipinski definition) is 2. The molecule has 0 spiro atoms. The number of hydrogen-bond donors (Lipinski definition) is 1. The first-order chi connectivity index (χ1) is 7.34. The topological polar surface area (TPSA) is 33.1 Å². The second kappa shape index (κ2) is 3.31. The summed E-state index contributed by atoms with van der Waals surface area (Å²) in [6.45, 7) is 0. The van der Waals surface area contributed by atoms with Gasteiger partial charge in [0.25, 0.3) is 0 Å². The highest BCUT2D eigenvalue weighted by Gasteiger charge is 2.30. The lowest BCUT2D eigenvalue weighted by Gasteiger charge is -2.09. The fourth-order valence-corrected chi connectivity index (χ4v) is 1.95. The Morgan fingerprint density at radius 1 is 1.27 bits per heavy atom. The van der Waals surface area contributed by atoms with Gasteiger partial charge in [0, 0.05) is 11.6 Å². The molecule has 1 atom stereocenters. The number of aliphatic hydroxyl groups excluding tert-OH is 1. The molecule has 2 heteroatoms. The molecule has 0 bridgehead atoms. The van der Waals surface area contributed by atoms with Crippen molar-refractivity contribution in [3.8, 4) is 0 Å². The Morgan fingerprint density at radius 2 is 2.13 bits per heavy atom. The van der Waals surface area contributed by atoms with Crippen LogP contribution < -0.4 is 0 Å². The van der Waals surface area contributed by atoms with Gasteiger partial charge < -0.3 is 5.11 Å². The van der Waals surface area contributed by atoms with Gasteiger partial charge in [0.15, 0.2) is 0 Å². The molecule has 15 heavy (non-hydrogen) atoms. The maximum absolute atomic E-state index is 9.99. The Morgan fingerprint density at radius 3 is 2.93 bits per heavy atom. The summed E-state index contributed by atoms with van der Waals surface area (Å²) in [5.41, 5.74) is 1.97. The van der Waals surface area contributed by atoms with Gasteiger partial charge in [-0.25, -0.2) is 0 Å². The Bertz CT molecular complexity index is 491. The zero-order valence-corrected chi connectivity index (χ0v) is 8.43. The number of rotatable bonds is 2. The Balaban J connectivity index is 2.05. The summed E-state index contributed by atoms with van der Waals surface area (Å²) in [5.74, 6) is 0.478. The monoisotopic (exact) mass is 199 g/mol. The first kappa shape index (κ1) is 8.86. The second-order valence-electron chi connectivity index (χ2n) is 4.24. The Labute approximate surface area is 88.6 Å². The van der Waals surface area contributed by atoms with E-state index in [0.29, 0.717) is 5.92 Å². The number of fused-ring (bicyclic) bond motifs is 1. The lowest BCUT2D eigenvalue weighted by Crippen LogP contribution is -1.99. The van der Waals surface area contributed by atoms with E-state index in [4.69, 9.17) is 0 Å². The molecule has 1 aliphatic rings. The van der Waals surface area contributed by atoms with Crippen LogP contribution in [-0.2, 0) is 0 Å². The average Bonchev–Trinajstić information content (AvgIpc) is 3.11. The lowest BCUT2D eigenvalue weighted by molar-refractivity contribution is 0.154. The van der Waals surface area contributed by atoms with Crippen LogP contribution in [-0.4, -0.2) is 10.1 Å². The molecule has 0 saturated heterocycles. The zero-order valence-electron chi connectivity index (χ0n) is 8.43. The molecule has 2 nitrogen and oxygen atoms in total. The lowest BCUT2D eigenvalue weighted by atomic mass is 10.0. The minimum absolute atomic E-state index is 0.295. The van der Waals surface area contributed by atoms with Crippen molar-refractivity contribution in [1.29, 1.82) is 0 Å². The predicted octanol–water partition coefficient (Wildman–Crippen LogP) is 2.68. The highest BCUT2D eigenvalue weighted by molar-refractivity contribution is 5.78. The van der Waals surface area contributed by atoms with Gasteiger partial charge in [-0.2, -0.15) is 0 Å². The summed E-state index contributed by atoms with van der Waals surface area (Å²) >= 11 is 0. The summed E-state index contributed by atoms with van der Waals surface area (Å²) in [6, 6.07) is 10.0. The van der Waals surface area contributed by atoms with E-state index in [1.54, 1.807) is 6.20 Å². The summed E-state index contributed by atoms with van der Waals surface area (Å²) < 4.78 is 0. The third-order valence-corrected chi connectivity index (χ3v) is 3.04. The Hall–Kier alpha value is -1.41. The maximum Gasteiger partial charge on any atom is 0.0818 e. The number of nitrogens with zero attached hydrogens (tertiary/aromatic N) is 1. The molecule has 1 unspecified atom stereocenters. The van der Waals surface area contributed by atoms with E-state index >= 15 is 0 Å². The van der Waals surface area contributed by atoms with E-state index in [9.17, 15) is 5.11 Å². The Kier molecular flexibility index (Phi) is 1.96. The molecular formula is C13H13NO. The standard InChI is InChI=1S/C13H13NO/c15-13(10-4-5-10)11-6-3-9-2-1-7-14-12(9)8-11/h1-3,6-8,10,13,15H,4-5H2. The molecule has 76 valence electrons. The van der Waals surface area contributed by atoms with E-state index in [1.165, 1.54) is 0 Å². The van der Waals surface area contributed by atoms with E-state index < -0.39 is 0 Å². The zero-order chi connectivity index (χ0) is 10.3. The van der Waals surface area contributed by atoms with E-state index in [-0.39, 0.29) is 6.10 Å². The summed E-state index contributed by atoms with van der Waals surface area (Å²) in [7, 11) is 0. The average molecular weight is 199 g/mol. The van der Waals surface area contributed by atoms with Crippen LogP contribution in [0.5, 0.6) is 0 Å². The van der Waals surface area contributed by atoms with Gasteiger partial charge in [-0.05, 0) is 36.5 Å². The van der Waals surface area contributed by atoms with Gasteiger partial charge in [0.1, 0.15) is 0 Å². The third kappa shape index (κ3) is 1.61. The van der Waals surface area contributed by atoms with Gasteiger partial charge in [-0.3, -0.25) is 4.98 Å². The molecule has 2 aromatic rings. The molecule has 0 amide bonds. The fraction of sp³-hybridized carbons (Fsp3) is 0.308. The van der Waals surface area contributed by atoms with Gasteiger partial charge in [-0.15, -0.1) is 0 Å². The minimum Gasteiger partial charge on any atom is -0.388 e. The minimum atomic E-state index is -0.295. The first-order valence-corrected chi connectivity index (χ1v) is 5.37. The molecule has 3 rings (SSSR count). The summed E-state index contributed by atoms with van der Waals surface area (Å²) in [4.78, 5) is 4.29. The normalized spacial score (nSPS) is 17.9. The molecule has 1 saturated carbocycles. The van der Waals surface area contributed by atoms with Gasteiger partial charge >= 0.3 is 0 Å². The molecule has 1 aromatic heterocycles. The van der Waals surface area contributed by atoms with E-state index in [2.05, 4.69) is 4.98 Å². The van der Waals surface area contributed by atoms with Gasteiger partial charge in [0.05, 0.1) is 11.6 Å². The number of pyridine rings is 1. The maximum atomic E-state index is 9.99. The van der Waals surface area contributed by atoms with Crippen molar-refractivity contribution < 1.29 is 5.11 Å². The summed E-state index contributed by atoms with van der Waals surface area (Å²) in [5, 5.41) is 11.1. The molecule has 1 aliphatic carbocycles. The van der Waals surface area contributed by atoms with Crippen LogP contribution in [0.4, 0.5) is 0 Å². The van der Waals surface area contributed by atoms with E-state index in [1.807, 2.05) is 30.3 Å². The fourth-order valence-electron chi connectivity index (χ4n) is 1.95. The molecule has 0 aliphatic heterocycles. The van der Waals surface area contributed by atoms with Crippen molar-refractivity contribution in [2.75, 3.05) is 0 Å². The highest BCUT2D eigenvalue weighted by atomic mass is 16.3. The molecule has 0 radical (unpaired) electrons. The van der Waals surface area contributed by atoms with Gasteiger partial charge in [0.2, 0.25) is 0 Å². The number of aromatic nitrogens is 1. The molecule has 1 N–H and O–H groups in total. The molecule has 1 heterocycles. The SMILES string of the molecule is OC(c1ccc2cccnc2c1)C1CC1. The van der Waals surface area contributed by atoms with Crippen molar-refractivity contribution >= 4 is 10.9 Å². The van der Waals surface area contributed by atoms with Crippen molar-refractivity contribution in [3.05, 3.63) is 42.1 Å². The smallest absolute Gasteiger partial charge is 0.0818 e. The van der Waals surface area contributed by atoms with Crippen molar-refractivity contribution in [3.63, 3.8) is 0 Å².